The predicted octanol–water partition coefficient (Wildman–Crippen LogP) is 3.78. The summed E-state index contributed by atoms with van der Waals surface area (Å²) >= 11 is 0. The molecule has 0 atom stereocenters. The van der Waals surface area contributed by atoms with Gasteiger partial charge in [-0.1, -0.05) is 25.0 Å². The number of nitrogens with zero attached hydrogens (tertiary/aromatic N) is 3. The monoisotopic (exact) mass is 405 g/mol. The fourth-order valence-corrected chi connectivity index (χ4v) is 4.02. The minimum Gasteiger partial charge on any atom is -0.497 e. The summed E-state index contributed by atoms with van der Waals surface area (Å²) in [6, 6.07) is 11.2. The van der Waals surface area contributed by atoms with Crippen molar-refractivity contribution in [1.82, 2.24) is 14.5 Å². The van der Waals surface area contributed by atoms with Crippen molar-refractivity contribution in [2.45, 2.75) is 39.2 Å². The average molecular weight is 405 g/mol. The Labute approximate surface area is 176 Å². The lowest BCUT2D eigenvalue weighted by Gasteiger charge is -2.21. The molecule has 1 fully saturated rings. The van der Waals surface area contributed by atoms with Gasteiger partial charge in [0.25, 0.3) is 11.5 Å². The van der Waals surface area contributed by atoms with E-state index in [1.54, 1.807) is 23.9 Å². The van der Waals surface area contributed by atoms with E-state index < -0.39 is 0 Å². The van der Waals surface area contributed by atoms with Crippen LogP contribution in [0.5, 0.6) is 5.75 Å². The number of hydrogen-bond donors (Lipinski definition) is 0. The SMILES string of the molecule is COc1ccc(Cn2ccc3nc(C)c(C(=O)N4CCCCCC4)cc3c2=O)cc1. The first-order valence-corrected chi connectivity index (χ1v) is 10.5. The standard InChI is InChI=1S/C24H27N3O3/c1-17-20(23(28)26-12-5-3-4-6-13-26)15-21-22(25-17)11-14-27(24(21)29)16-18-7-9-19(30-2)10-8-18/h7-11,14-15H,3-6,12-13,16H2,1-2H3. The normalized spacial score (nSPS) is 14.5. The number of carbonyl (C=O) groups excluding carboxylic acids is 1. The van der Waals surface area contributed by atoms with E-state index in [1.807, 2.05) is 42.2 Å². The summed E-state index contributed by atoms with van der Waals surface area (Å²) in [4.78, 5) is 32.8. The van der Waals surface area contributed by atoms with Gasteiger partial charge < -0.3 is 14.2 Å². The first kappa shape index (κ1) is 20.1. The lowest BCUT2D eigenvalue weighted by Crippen LogP contribution is -2.32. The topological polar surface area (TPSA) is 64.4 Å². The van der Waals surface area contributed by atoms with Crippen LogP contribution in [-0.4, -0.2) is 40.6 Å². The second-order valence-corrected chi connectivity index (χ2v) is 7.86. The Morgan fingerprint density at radius 3 is 2.43 bits per heavy atom. The van der Waals surface area contributed by atoms with E-state index in [1.165, 1.54) is 0 Å². The van der Waals surface area contributed by atoms with Gasteiger partial charge in [-0.05, 0) is 49.6 Å². The average Bonchev–Trinajstić information content (AvgIpc) is 3.05. The van der Waals surface area contributed by atoms with Gasteiger partial charge in [0.05, 0.1) is 35.8 Å². The second-order valence-electron chi connectivity index (χ2n) is 7.86. The van der Waals surface area contributed by atoms with Crippen molar-refractivity contribution in [2.75, 3.05) is 20.2 Å². The molecule has 3 heterocycles. The van der Waals surface area contributed by atoms with Crippen molar-refractivity contribution in [1.29, 1.82) is 0 Å². The summed E-state index contributed by atoms with van der Waals surface area (Å²) in [5.41, 5.74) is 2.68. The molecule has 6 heteroatoms. The molecule has 1 aliphatic rings. The van der Waals surface area contributed by atoms with Gasteiger partial charge in [-0.3, -0.25) is 14.6 Å². The van der Waals surface area contributed by atoms with Crippen molar-refractivity contribution in [3.63, 3.8) is 0 Å². The van der Waals surface area contributed by atoms with Crippen LogP contribution in [0.1, 0.15) is 47.3 Å². The van der Waals surface area contributed by atoms with E-state index in [0.717, 1.165) is 50.1 Å². The van der Waals surface area contributed by atoms with Crippen LogP contribution in [0, 0.1) is 6.92 Å². The van der Waals surface area contributed by atoms with Crippen LogP contribution in [0.4, 0.5) is 0 Å². The molecular weight excluding hydrogens is 378 g/mol. The van der Waals surface area contributed by atoms with Gasteiger partial charge in [-0.15, -0.1) is 0 Å². The van der Waals surface area contributed by atoms with E-state index in [2.05, 4.69) is 4.98 Å². The van der Waals surface area contributed by atoms with Crippen LogP contribution in [0.2, 0.25) is 0 Å². The van der Waals surface area contributed by atoms with Crippen molar-refractivity contribution in [3.05, 3.63) is 69.8 Å². The maximum Gasteiger partial charge on any atom is 0.260 e. The molecule has 0 radical (unpaired) electrons. The highest BCUT2D eigenvalue weighted by Crippen LogP contribution is 2.19. The van der Waals surface area contributed by atoms with Crippen LogP contribution >= 0.6 is 0 Å². The smallest absolute Gasteiger partial charge is 0.260 e. The molecule has 0 unspecified atom stereocenters. The molecule has 2 aromatic heterocycles. The third kappa shape index (κ3) is 4.08. The Bertz CT molecular complexity index is 1110. The second kappa shape index (κ2) is 8.69. The maximum atomic E-state index is 13.1. The van der Waals surface area contributed by atoms with Gasteiger partial charge in [0.2, 0.25) is 0 Å². The Hall–Kier alpha value is -3.15. The molecule has 0 spiro atoms. The molecule has 1 aromatic carbocycles. The molecule has 1 amide bonds. The van der Waals surface area contributed by atoms with E-state index in [4.69, 9.17) is 4.74 Å². The molecule has 1 saturated heterocycles. The number of hydrogen-bond acceptors (Lipinski definition) is 4. The van der Waals surface area contributed by atoms with Gasteiger partial charge in [0.15, 0.2) is 0 Å². The molecule has 30 heavy (non-hydrogen) atoms. The maximum absolute atomic E-state index is 13.1. The highest BCUT2D eigenvalue weighted by Gasteiger charge is 2.21. The zero-order valence-corrected chi connectivity index (χ0v) is 17.6. The third-order valence-corrected chi connectivity index (χ3v) is 5.78. The zero-order chi connectivity index (χ0) is 21.1. The van der Waals surface area contributed by atoms with Crippen LogP contribution in [0.3, 0.4) is 0 Å². The summed E-state index contributed by atoms with van der Waals surface area (Å²) in [7, 11) is 1.63. The fraction of sp³-hybridized carbons (Fsp3) is 0.375. The van der Waals surface area contributed by atoms with E-state index in [9.17, 15) is 9.59 Å². The third-order valence-electron chi connectivity index (χ3n) is 5.78. The summed E-state index contributed by atoms with van der Waals surface area (Å²) in [5.74, 6) is 0.759. The molecule has 0 N–H and O–H groups in total. The van der Waals surface area contributed by atoms with Crippen LogP contribution in [0.25, 0.3) is 10.9 Å². The van der Waals surface area contributed by atoms with Crippen molar-refractivity contribution >= 4 is 16.8 Å². The Balaban J connectivity index is 1.68. The van der Waals surface area contributed by atoms with Crippen molar-refractivity contribution in [2.24, 2.45) is 0 Å². The van der Waals surface area contributed by atoms with E-state index in [-0.39, 0.29) is 11.5 Å². The van der Waals surface area contributed by atoms with Crippen molar-refractivity contribution < 1.29 is 9.53 Å². The van der Waals surface area contributed by atoms with E-state index in [0.29, 0.717) is 28.7 Å². The summed E-state index contributed by atoms with van der Waals surface area (Å²) < 4.78 is 6.85. The van der Waals surface area contributed by atoms with Gasteiger partial charge in [0.1, 0.15) is 5.75 Å². The van der Waals surface area contributed by atoms with Crippen molar-refractivity contribution in [3.8, 4) is 5.75 Å². The molecular formula is C24H27N3O3. The molecule has 1 aliphatic heterocycles. The summed E-state index contributed by atoms with van der Waals surface area (Å²) in [5, 5.41) is 0.481. The number of aryl methyl sites for hydroxylation is 1. The number of ether oxygens (including phenoxy) is 1. The van der Waals surface area contributed by atoms with Crippen LogP contribution < -0.4 is 10.3 Å². The predicted molar refractivity (Wildman–Crippen MR) is 117 cm³/mol. The largest absolute Gasteiger partial charge is 0.497 e. The molecule has 3 aromatic rings. The minimum atomic E-state index is -0.138. The molecule has 156 valence electrons. The lowest BCUT2D eigenvalue weighted by molar-refractivity contribution is 0.0760. The molecule has 0 bridgehead atoms. The zero-order valence-electron chi connectivity index (χ0n) is 17.6. The number of rotatable bonds is 4. The highest BCUT2D eigenvalue weighted by atomic mass is 16.5. The molecule has 0 saturated carbocycles. The van der Waals surface area contributed by atoms with Crippen LogP contribution in [-0.2, 0) is 6.54 Å². The lowest BCUT2D eigenvalue weighted by atomic mass is 10.1. The van der Waals surface area contributed by atoms with Crippen LogP contribution in [0.15, 0.2) is 47.4 Å². The highest BCUT2D eigenvalue weighted by molar-refractivity contribution is 5.98. The van der Waals surface area contributed by atoms with Gasteiger partial charge in [0, 0.05) is 19.3 Å². The fourth-order valence-electron chi connectivity index (χ4n) is 4.02. The number of pyridine rings is 2. The number of methoxy groups -OCH3 is 1. The number of fused-ring (bicyclic) bond motifs is 1. The molecule has 4 rings (SSSR count). The number of aromatic nitrogens is 2. The number of likely N-dealkylation sites (tertiary alicyclic amines) is 1. The quantitative estimate of drug-likeness (QED) is 0.663. The van der Waals surface area contributed by atoms with E-state index >= 15 is 0 Å². The summed E-state index contributed by atoms with van der Waals surface area (Å²) in [6.45, 7) is 3.83. The number of amides is 1. The minimum absolute atomic E-state index is 0.0197. The van der Waals surface area contributed by atoms with Gasteiger partial charge >= 0.3 is 0 Å². The molecule has 0 aliphatic carbocycles. The van der Waals surface area contributed by atoms with Gasteiger partial charge in [-0.2, -0.15) is 0 Å². The Morgan fingerprint density at radius 2 is 1.77 bits per heavy atom. The Kier molecular flexibility index (Phi) is 5.84. The first-order valence-electron chi connectivity index (χ1n) is 10.5. The number of carbonyl (C=O) groups is 1. The Morgan fingerprint density at radius 1 is 1.07 bits per heavy atom. The molecule has 6 nitrogen and oxygen atoms in total. The summed E-state index contributed by atoms with van der Waals surface area (Å²) in [6.07, 6.45) is 6.14. The van der Waals surface area contributed by atoms with Gasteiger partial charge in [-0.25, -0.2) is 0 Å². The number of benzene rings is 1. The first-order chi connectivity index (χ1) is 14.6.